The number of halogens is 3. The Morgan fingerprint density at radius 2 is 1.64 bits per heavy atom. The van der Waals surface area contributed by atoms with E-state index in [-0.39, 0.29) is 11.3 Å². The SMILES string of the molecule is C[C@@H](NC(=O)c1ccc(C(F)(F)F)cc1)c1ccc(OC2OC(CO)C(O)C(O)C2O)cc1. The first-order valence-corrected chi connectivity index (χ1v) is 10.1. The summed E-state index contributed by atoms with van der Waals surface area (Å²) >= 11 is 0. The predicted octanol–water partition coefficient (Wildman–Crippen LogP) is 1.38. The van der Waals surface area contributed by atoms with Crippen molar-refractivity contribution < 1.29 is 47.9 Å². The van der Waals surface area contributed by atoms with Crippen LogP contribution >= 0.6 is 0 Å². The number of alkyl halides is 3. The summed E-state index contributed by atoms with van der Waals surface area (Å²) in [6, 6.07) is 9.68. The topological polar surface area (TPSA) is 128 Å². The largest absolute Gasteiger partial charge is 0.462 e. The van der Waals surface area contributed by atoms with Crippen LogP contribution < -0.4 is 10.1 Å². The molecule has 0 radical (unpaired) electrons. The summed E-state index contributed by atoms with van der Waals surface area (Å²) in [5, 5.41) is 41.6. The van der Waals surface area contributed by atoms with Crippen molar-refractivity contribution in [2.45, 2.75) is 49.8 Å². The van der Waals surface area contributed by atoms with Crippen LogP contribution in [-0.4, -0.2) is 63.6 Å². The molecule has 0 spiro atoms. The Labute approximate surface area is 187 Å². The molecule has 33 heavy (non-hydrogen) atoms. The number of benzene rings is 2. The number of hydrogen-bond acceptors (Lipinski definition) is 7. The Bertz CT molecular complexity index is 935. The Balaban J connectivity index is 1.61. The van der Waals surface area contributed by atoms with Gasteiger partial charge in [0.25, 0.3) is 5.91 Å². The first kappa shape index (κ1) is 24.9. The van der Waals surface area contributed by atoms with Crippen molar-refractivity contribution in [2.75, 3.05) is 6.61 Å². The molecule has 180 valence electrons. The Hall–Kier alpha value is -2.70. The fourth-order valence-corrected chi connectivity index (χ4v) is 3.31. The maximum Gasteiger partial charge on any atom is 0.416 e. The highest BCUT2D eigenvalue weighted by Gasteiger charge is 2.44. The number of nitrogens with one attached hydrogen (secondary N) is 1. The predicted molar refractivity (Wildman–Crippen MR) is 108 cm³/mol. The molecule has 1 amide bonds. The van der Waals surface area contributed by atoms with Crippen molar-refractivity contribution in [1.82, 2.24) is 5.32 Å². The van der Waals surface area contributed by atoms with Crippen molar-refractivity contribution in [3.8, 4) is 5.75 Å². The van der Waals surface area contributed by atoms with Crippen molar-refractivity contribution in [1.29, 1.82) is 0 Å². The summed E-state index contributed by atoms with van der Waals surface area (Å²) in [5.41, 5.74) is -0.101. The van der Waals surface area contributed by atoms with Crippen LogP contribution in [0.5, 0.6) is 5.75 Å². The second kappa shape index (κ2) is 10.1. The van der Waals surface area contributed by atoms with E-state index >= 15 is 0 Å². The van der Waals surface area contributed by atoms with Crippen LogP contribution in [0.1, 0.15) is 34.5 Å². The van der Waals surface area contributed by atoms with Crippen molar-refractivity contribution >= 4 is 5.91 Å². The van der Waals surface area contributed by atoms with Crippen molar-refractivity contribution in [2.24, 2.45) is 0 Å². The zero-order valence-corrected chi connectivity index (χ0v) is 17.4. The van der Waals surface area contributed by atoms with Gasteiger partial charge >= 0.3 is 6.18 Å². The zero-order valence-electron chi connectivity index (χ0n) is 17.4. The van der Waals surface area contributed by atoms with Crippen LogP contribution in [0.4, 0.5) is 13.2 Å². The van der Waals surface area contributed by atoms with Crippen LogP contribution in [-0.2, 0) is 10.9 Å². The molecule has 1 saturated heterocycles. The number of carbonyl (C=O) groups excluding carboxylic acids is 1. The molecule has 2 aromatic carbocycles. The monoisotopic (exact) mass is 471 g/mol. The standard InChI is InChI=1S/C22H24F3NO7/c1-11(26-20(31)13-2-6-14(7-3-13)22(23,24)25)12-4-8-15(9-5-12)32-21-19(30)18(29)17(28)16(10-27)33-21/h2-9,11,16-19,21,27-30H,10H2,1H3,(H,26,31)/t11-,16?,17?,18?,19?,21?/m1/s1. The maximum atomic E-state index is 12.7. The molecule has 5 N–H and O–H groups in total. The third-order valence-electron chi connectivity index (χ3n) is 5.30. The minimum Gasteiger partial charge on any atom is -0.462 e. The summed E-state index contributed by atoms with van der Waals surface area (Å²) < 4.78 is 48.8. The fourth-order valence-electron chi connectivity index (χ4n) is 3.31. The van der Waals surface area contributed by atoms with Gasteiger partial charge in [0.1, 0.15) is 30.2 Å². The summed E-state index contributed by atoms with van der Waals surface area (Å²) in [5.74, 6) is -0.290. The molecule has 3 rings (SSSR count). The molecule has 1 aliphatic heterocycles. The number of amides is 1. The van der Waals surface area contributed by atoms with Gasteiger partial charge in [-0.1, -0.05) is 12.1 Å². The quantitative estimate of drug-likeness (QED) is 0.431. The highest BCUT2D eigenvalue weighted by atomic mass is 19.4. The molecule has 0 saturated carbocycles. The molecule has 0 aromatic heterocycles. The van der Waals surface area contributed by atoms with E-state index in [1.165, 1.54) is 12.1 Å². The number of ether oxygens (including phenoxy) is 2. The van der Waals surface area contributed by atoms with Crippen LogP contribution in [0.15, 0.2) is 48.5 Å². The number of rotatable bonds is 6. The maximum absolute atomic E-state index is 12.7. The second-order valence-corrected chi connectivity index (χ2v) is 7.65. The third kappa shape index (κ3) is 5.81. The average molecular weight is 471 g/mol. The first-order chi connectivity index (χ1) is 15.5. The Morgan fingerprint density at radius 1 is 1.03 bits per heavy atom. The van der Waals surface area contributed by atoms with Gasteiger partial charge in [-0.05, 0) is 48.9 Å². The molecular formula is C22H24F3NO7. The average Bonchev–Trinajstić information content (AvgIpc) is 2.79. The molecule has 5 unspecified atom stereocenters. The number of aliphatic hydroxyl groups is 4. The van der Waals surface area contributed by atoms with Gasteiger partial charge in [0, 0.05) is 5.56 Å². The zero-order chi connectivity index (χ0) is 24.3. The van der Waals surface area contributed by atoms with Crippen LogP contribution in [0.2, 0.25) is 0 Å². The lowest BCUT2D eigenvalue weighted by Crippen LogP contribution is -2.60. The summed E-state index contributed by atoms with van der Waals surface area (Å²) in [6.45, 7) is 1.11. The van der Waals surface area contributed by atoms with E-state index in [4.69, 9.17) is 9.47 Å². The molecule has 0 aliphatic carbocycles. The molecule has 2 aromatic rings. The van der Waals surface area contributed by atoms with Gasteiger partial charge in [-0.3, -0.25) is 4.79 Å². The smallest absolute Gasteiger partial charge is 0.416 e. The fraction of sp³-hybridized carbons (Fsp3) is 0.409. The summed E-state index contributed by atoms with van der Waals surface area (Å²) in [4.78, 5) is 12.3. The van der Waals surface area contributed by atoms with Crippen molar-refractivity contribution in [3.63, 3.8) is 0 Å². The third-order valence-corrected chi connectivity index (χ3v) is 5.30. The van der Waals surface area contributed by atoms with E-state index < -0.39 is 61.0 Å². The summed E-state index contributed by atoms with van der Waals surface area (Å²) in [6.07, 6.45) is -11.5. The van der Waals surface area contributed by atoms with E-state index in [1.54, 1.807) is 19.1 Å². The first-order valence-electron chi connectivity index (χ1n) is 10.1. The van der Waals surface area contributed by atoms with Gasteiger partial charge < -0.3 is 35.2 Å². The Morgan fingerprint density at radius 3 is 2.18 bits per heavy atom. The van der Waals surface area contributed by atoms with E-state index in [9.17, 15) is 38.4 Å². The lowest BCUT2D eigenvalue weighted by atomic mass is 9.99. The molecule has 8 nitrogen and oxygen atoms in total. The highest BCUT2D eigenvalue weighted by molar-refractivity contribution is 5.94. The molecule has 1 fully saturated rings. The lowest BCUT2D eigenvalue weighted by Gasteiger charge is -2.39. The van der Waals surface area contributed by atoms with E-state index in [0.717, 1.165) is 24.3 Å². The van der Waals surface area contributed by atoms with Gasteiger partial charge in [-0.2, -0.15) is 13.2 Å². The van der Waals surface area contributed by atoms with Crippen LogP contribution in [0, 0.1) is 0 Å². The molecular weight excluding hydrogens is 447 g/mol. The van der Waals surface area contributed by atoms with Crippen LogP contribution in [0.3, 0.4) is 0 Å². The van der Waals surface area contributed by atoms with Crippen molar-refractivity contribution in [3.05, 3.63) is 65.2 Å². The minimum atomic E-state index is -4.48. The second-order valence-electron chi connectivity index (χ2n) is 7.65. The van der Waals surface area contributed by atoms with E-state index in [1.807, 2.05) is 0 Å². The molecule has 0 bridgehead atoms. The summed E-state index contributed by atoms with van der Waals surface area (Å²) in [7, 11) is 0. The number of hydrogen-bond donors (Lipinski definition) is 5. The normalized spacial score (nSPS) is 26.5. The van der Waals surface area contributed by atoms with Crippen LogP contribution in [0.25, 0.3) is 0 Å². The number of aliphatic hydroxyl groups excluding tert-OH is 4. The Kier molecular flexibility index (Phi) is 7.60. The molecule has 1 aliphatic rings. The van der Waals surface area contributed by atoms with Gasteiger partial charge in [0.15, 0.2) is 0 Å². The lowest BCUT2D eigenvalue weighted by molar-refractivity contribution is -0.277. The molecule has 6 atom stereocenters. The number of carbonyl (C=O) groups is 1. The van der Waals surface area contributed by atoms with E-state index in [2.05, 4.69) is 5.32 Å². The molecule has 1 heterocycles. The van der Waals surface area contributed by atoms with Gasteiger partial charge in [0.2, 0.25) is 6.29 Å². The van der Waals surface area contributed by atoms with Gasteiger partial charge in [-0.25, -0.2) is 0 Å². The van der Waals surface area contributed by atoms with Gasteiger partial charge in [0.05, 0.1) is 18.2 Å². The minimum absolute atomic E-state index is 0.0809. The van der Waals surface area contributed by atoms with Gasteiger partial charge in [-0.15, -0.1) is 0 Å². The molecule has 11 heteroatoms. The highest BCUT2D eigenvalue weighted by Crippen LogP contribution is 2.29. The van der Waals surface area contributed by atoms with E-state index in [0.29, 0.717) is 5.56 Å².